The van der Waals surface area contributed by atoms with Crippen LogP contribution in [0.5, 0.6) is 0 Å². The van der Waals surface area contributed by atoms with Crippen LogP contribution in [0.25, 0.3) is 0 Å². The second kappa shape index (κ2) is 40.2. The predicted molar refractivity (Wildman–Crippen MR) is 257 cm³/mol. The molecule has 0 aromatic heterocycles. The highest BCUT2D eigenvalue weighted by atomic mass is 31.2. The van der Waals surface area contributed by atoms with Gasteiger partial charge in [-0.3, -0.25) is 13.8 Å². The lowest BCUT2D eigenvalue weighted by Crippen LogP contribution is -2.64. The summed E-state index contributed by atoms with van der Waals surface area (Å²) in [5.74, 6) is -0.566. The topological polar surface area (TPSA) is 226 Å². The number of amides is 1. The molecule has 64 heavy (non-hydrogen) atoms. The molecule has 0 aromatic rings. The lowest BCUT2D eigenvalue weighted by atomic mass is 9.85. The molecule has 1 rings (SSSR count). The summed E-state index contributed by atoms with van der Waals surface area (Å²) in [6, 6.07) is -1.15. The van der Waals surface area contributed by atoms with Crippen molar-refractivity contribution in [2.24, 2.45) is 0 Å². The van der Waals surface area contributed by atoms with Crippen molar-refractivity contribution in [1.29, 1.82) is 0 Å². The van der Waals surface area contributed by atoms with Gasteiger partial charge in [-0.1, -0.05) is 232 Å². The fourth-order valence-corrected chi connectivity index (χ4v) is 9.86. The van der Waals surface area contributed by atoms with E-state index in [1.54, 1.807) is 0 Å². The standard InChI is InChI=1S/C50H100NO12P/c1-3-5-7-8-9-10-11-12-13-14-15-16-17-18-19-20-21-22-23-24-25-26-27-28-29-30-31-32-33-34-36-37-41(52)39-44(54)51-42(43(53)38-35-6-4-2)40-62-64(60,61)63-50-48(58)46(56)45(55)47(57)49(50)59/h41-43,45-50,52-53,55-59H,3-40H2,1-2H3,(H,51,54)(H,60,61). The third kappa shape index (κ3) is 31.4. The Morgan fingerprint density at radius 1 is 0.484 bits per heavy atom. The van der Waals surface area contributed by atoms with Crippen LogP contribution in [0.4, 0.5) is 0 Å². The Kier molecular flexibility index (Phi) is 38.5. The molecule has 8 atom stereocenters. The lowest BCUT2D eigenvalue weighted by Gasteiger charge is -2.41. The van der Waals surface area contributed by atoms with E-state index in [0.29, 0.717) is 12.8 Å². The van der Waals surface area contributed by atoms with Gasteiger partial charge in [0.25, 0.3) is 0 Å². The van der Waals surface area contributed by atoms with Crippen molar-refractivity contribution < 1.29 is 59.0 Å². The van der Waals surface area contributed by atoms with Crippen molar-refractivity contribution in [2.75, 3.05) is 6.61 Å². The molecule has 382 valence electrons. The first-order valence-corrected chi connectivity index (χ1v) is 28.1. The van der Waals surface area contributed by atoms with Crippen molar-refractivity contribution in [1.82, 2.24) is 5.32 Å². The first-order chi connectivity index (χ1) is 30.8. The fraction of sp³-hybridized carbons (Fsp3) is 0.980. The maximum atomic E-state index is 12.9. The molecular formula is C50H100NO12P. The monoisotopic (exact) mass is 938 g/mol. The number of rotatable bonds is 45. The number of hydrogen-bond donors (Lipinski definition) is 9. The second-order valence-corrected chi connectivity index (χ2v) is 20.7. The predicted octanol–water partition coefficient (Wildman–Crippen LogP) is 9.99. The second-order valence-electron chi connectivity index (χ2n) is 19.3. The van der Waals surface area contributed by atoms with Gasteiger partial charge in [-0.25, -0.2) is 4.57 Å². The average molecular weight is 938 g/mol. The number of aliphatic hydroxyl groups is 7. The Balaban J connectivity index is 2.05. The van der Waals surface area contributed by atoms with Gasteiger partial charge in [0, 0.05) is 0 Å². The number of hydrogen-bond acceptors (Lipinski definition) is 11. The molecule has 0 saturated heterocycles. The number of carbonyl (C=O) groups is 1. The Morgan fingerprint density at radius 2 is 0.781 bits per heavy atom. The summed E-state index contributed by atoms with van der Waals surface area (Å²) in [5.41, 5.74) is 0. The maximum absolute atomic E-state index is 12.9. The summed E-state index contributed by atoms with van der Waals surface area (Å²) < 4.78 is 22.6. The van der Waals surface area contributed by atoms with Gasteiger partial charge in [0.05, 0.1) is 31.3 Å². The van der Waals surface area contributed by atoms with Crippen molar-refractivity contribution >= 4 is 13.7 Å². The molecule has 9 N–H and O–H groups in total. The SMILES string of the molecule is CCCCCCCCCCCCCCCCCCCCCCCCCCCCCCCCCC(O)CC(=O)NC(COP(=O)(O)OC1C(O)C(O)C(O)C(O)C1O)C(O)CCCCC. The van der Waals surface area contributed by atoms with Crippen molar-refractivity contribution in [3.8, 4) is 0 Å². The molecule has 1 saturated carbocycles. The van der Waals surface area contributed by atoms with E-state index in [1.807, 2.05) is 6.92 Å². The summed E-state index contributed by atoms with van der Waals surface area (Å²) in [6.07, 6.45) is 30.5. The molecule has 1 amide bonds. The van der Waals surface area contributed by atoms with Crippen LogP contribution < -0.4 is 5.32 Å². The molecule has 13 nitrogen and oxygen atoms in total. The average Bonchev–Trinajstić information content (AvgIpc) is 3.27. The zero-order valence-corrected chi connectivity index (χ0v) is 41.6. The Hall–Kier alpha value is -0.700. The highest BCUT2D eigenvalue weighted by Crippen LogP contribution is 2.47. The summed E-state index contributed by atoms with van der Waals surface area (Å²) >= 11 is 0. The fourth-order valence-electron chi connectivity index (χ4n) is 8.90. The van der Waals surface area contributed by atoms with Gasteiger partial charge >= 0.3 is 7.82 Å². The van der Waals surface area contributed by atoms with Crippen LogP contribution in [0.2, 0.25) is 0 Å². The molecule has 1 aliphatic carbocycles. The molecule has 0 bridgehead atoms. The van der Waals surface area contributed by atoms with E-state index in [9.17, 15) is 50.0 Å². The van der Waals surface area contributed by atoms with Crippen molar-refractivity contribution in [2.45, 2.75) is 306 Å². The highest BCUT2D eigenvalue weighted by molar-refractivity contribution is 7.47. The normalized spacial score (nSPS) is 22.6. The van der Waals surface area contributed by atoms with Crippen LogP contribution in [0.1, 0.15) is 251 Å². The third-order valence-electron chi connectivity index (χ3n) is 13.2. The minimum atomic E-state index is -5.09. The zero-order chi connectivity index (χ0) is 47.3. The molecule has 14 heteroatoms. The van der Waals surface area contributed by atoms with E-state index in [0.717, 1.165) is 38.5 Å². The quantitative estimate of drug-likeness (QED) is 0.0205. The van der Waals surface area contributed by atoms with Crippen LogP contribution in [-0.4, -0.2) is 108 Å². The number of carbonyl (C=O) groups excluding carboxylic acids is 1. The minimum Gasteiger partial charge on any atom is -0.393 e. The molecule has 0 radical (unpaired) electrons. The van der Waals surface area contributed by atoms with Crippen LogP contribution >= 0.6 is 7.82 Å². The van der Waals surface area contributed by atoms with Crippen LogP contribution in [0.3, 0.4) is 0 Å². The van der Waals surface area contributed by atoms with Crippen LogP contribution in [-0.2, 0) is 18.4 Å². The first kappa shape index (κ1) is 61.3. The lowest BCUT2D eigenvalue weighted by molar-refractivity contribution is -0.220. The highest BCUT2D eigenvalue weighted by Gasteiger charge is 2.51. The number of unbranched alkanes of at least 4 members (excludes halogenated alkanes) is 32. The van der Waals surface area contributed by atoms with Gasteiger partial charge in [-0.15, -0.1) is 0 Å². The number of aliphatic hydroxyl groups excluding tert-OH is 7. The van der Waals surface area contributed by atoms with Gasteiger partial charge in [-0.05, 0) is 12.8 Å². The molecule has 0 aromatic carbocycles. The van der Waals surface area contributed by atoms with Crippen molar-refractivity contribution in [3.05, 3.63) is 0 Å². The van der Waals surface area contributed by atoms with Crippen molar-refractivity contribution in [3.63, 3.8) is 0 Å². The van der Waals surface area contributed by atoms with E-state index in [2.05, 4.69) is 12.2 Å². The molecule has 0 spiro atoms. The summed E-state index contributed by atoms with van der Waals surface area (Å²) in [5, 5.41) is 73.9. The number of phosphoric acid groups is 1. The molecule has 1 aliphatic rings. The molecule has 0 aliphatic heterocycles. The van der Waals surface area contributed by atoms with E-state index in [1.165, 1.54) is 173 Å². The zero-order valence-electron chi connectivity index (χ0n) is 40.7. The van der Waals surface area contributed by atoms with E-state index >= 15 is 0 Å². The Morgan fingerprint density at radius 3 is 1.14 bits per heavy atom. The van der Waals surface area contributed by atoms with Crippen LogP contribution in [0, 0.1) is 0 Å². The van der Waals surface area contributed by atoms with Gasteiger partial charge < -0.3 is 46.0 Å². The van der Waals surface area contributed by atoms with E-state index in [4.69, 9.17) is 9.05 Å². The summed E-state index contributed by atoms with van der Waals surface area (Å²) in [7, 11) is -5.09. The van der Waals surface area contributed by atoms with E-state index < -0.39 is 75.2 Å². The number of nitrogens with one attached hydrogen (secondary N) is 1. The van der Waals surface area contributed by atoms with Gasteiger partial charge in [0.15, 0.2) is 0 Å². The smallest absolute Gasteiger partial charge is 0.393 e. The molecule has 8 unspecified atom stereocenters. The van der Waals surface area contributed by atoms with Gasteiger partial charge in [0.1, 0.15) is 36.6 Å². The summed E-state index contributed by atoms with van der Waals surface area (Å²) in [4.78, 5) is 23.2. The van der Waals surface area contributed by atoms with Crippen LogP contribution in [0.15, 0.2) is 0 Å². The molecule has 1 fully saturated rings. The first-order valence-electron chi connectivity index (χ1n) is 26.6. The van der Waals surface area contributed by atoms with Gasteiger partial charge in [0.2, 0.25) is 5.91 Å². The Bertz CT molecular complexity index is 1110. The molecule has 0 heterocycles. The summed E-state index contributed by atoms with van der Waals surface area (Å²) in [6.45, 7) is 3.59. The third-order valence-corrected chi connectivity index (χ3v) is 14.2. The number of phosphoric ester groups is 1. The Labute approximate surface area is 389 Å². The molecular weight excluding hydrogens is 838 g/mol. The maximum Gasteiger partial charge on any atom is 0.472 e. The van der Waals surface area contributed by atoms with Gasteiger partial charge in [-0.2, -0.15) is 0 Å². The minimum absolute atomic E-state index is 0.219. The van der Waals surface area contributed by atoms with E-state index in [-0.39, 0.29) is 12.8 Å². The largest absolute Gasteiger partial charge is 0.472 e.